The van der Waals surface area contributed by atoms with Gasteiger partial charge in [-0.25, -0.2) is 19.3 Å². The van der Waals surface area contributed by atoms with Gasteiger partial charge in [0.25, 0.3) is 5.91 Å². The summed E-state index contributed by atoms with van der Waals surface area (Å²) in [6.45, 7) is 3.55. The number of imide groups is 1. The molecular weight excluding hydrogens is 809 g/mol. The van der Waals surface area contributed by atoms with Gasteiger partial charge in [-0.3, -0.25) is 24.5 Å². The molecule has 0 aliphatic carbocycles. The van der Waals surface area contributed by atoms with Crippen LogP contribution in [-0.4, -0.2) is 120 Å². The summed E-state index contributed by atoms with van der Waals surface area (Å²) in [5.41, 5.74) is 3.53. The maximum absolute atomic E-state index is 13.3. The van der Waals surface area contributed by atoms with Crippen LogP contribution < -0.4 is 21.3 Å². The average molecular weight is 849 g/mol. The molecule has 1 fully saturated rings. The number of nitrogens with zero attached hydrogens (tertiary/aromatic N) is 9. The summed E-state index contributed by atoms with van der Waals surface area (Å²) in [5, 5.41) is 23.8. The first-order valence-corrected chi connectivity index (χ1v) is 19.3. The Hall–Kier alpha value is -6.22. The number of rotatable bonds is 16. The van der Waals surface area contributed by atoms with E-state index in [4.69, 9.17) is 32.7 Å². The van der Waals surface area contributed by atoms with Crippen LogP contribution in [-0.2, 0) is 30.4 Å². The van der Waals surface area contributed by atoms with E-state index in [-0.39, 0.29) is 78.6 Å². The van der Waals surface area contributed by atoms with Crippen LogP contribution in [0.1, 0.15) is 53.8 Å². The van der Waals surface area contributed by atoms with Crippen molar-refractivity contribution in [3.8, 4) is 5.82 Å². The normalized spacial score (nSPS) is 15.6. The lowest BCUT2D eigenvalue weighted by atomic mass is 10.0. The van der Waals surface area contributed by atoms with Crippen molar-refractivity contribution in [2.75, 3.05) is 56.0 Å². The number of aromatic nitrogens is 7. The number of amides is 6. The van der Waals surface area contributed by atoms with Crippen LogP contribution in [0.2, 0.25) is 10.2 Å². The zero-order valence-electron chi connectivity index (χ0n) is 31.9. The predicted molar refractivity (Wildman–Crippen MR) is 213 cm³/mol. The molecule has 6 amide bonds. The molecule has 6 heterocycles. The van der Waals surface area contributed by atoms with Crippen molar-refractivity contribution in [1.29, 1.82) is 0 Å². The molecule has 2 aliphatic heterocycles. The highest BCUT2D eigenvalue weighted by molar-refractivity contribution is 6.32. The molecule has 4 aromatic heterocycles. The van der Waals surface area contributed by atoms with Crippen LogP contribution in [0.5, 0.6) is 0 Å². The van der Waals surface area contributed by atoms with Crippen molar-refractivity contribution < 1.29 is 33.4 Å². The molecule has 7 rings (SSSR count). The molecule has 1 aromatic carbocycles. The fraction of sp³-hybridized carbons (Fsp3) is 0.351. The number of piperidine rings is 1. The number of carbonyl (C=O) groups is 5. The minimum Gasteiger partial charge on any atom is -0.382 e. The standard InChI is InChI=1S/C37H39Cl2N13O7/c1-21(33-27(19-41-30-17-29(39)48-51(30)33)46-37(57)45-22-16-25(38)34(42-18-22)52-43-9-10-44-52)49(2)32(54)8-12-58-14-15-59-13-11-40-26-5-3-4-23-24(26)20-50(36(23)56)28-6-7-31(53)47-35(28)55/h3-5,9-10,16-19,21,28,40H,6-8,11-15,20H2,1-2H3,(H2,45,46,57)(H,47,53,55)/t21-,28?/m0/s1. The molecule has 20 nitrogen and oxygen atoms in total. The first-order valence-electron chi connectivity index (χ1n) is 18.5. The van der Waals surface area contributed by atoms with E-state index in [0.717, 1.165) is 11.3 Å². The summed E-state index contributed by atoms with van der Waals surface area (Å²) in [6, 6.07) is 6.53. The van der Waals surface area contributed by atoms with Crippen molar-refractivity contribution in [2.45, 2.75) is 44.8 Å². The van der Waals surface area contributed by atoms with Gasteiger partial charge in [-0.05, 0) is 31.5 Å². The number of urea groups is 1. The van der Waals surface area contributed by atoms with E-state index in [9.17, 15) is 24.0 Å². The second kappa shape index (κ2) is 18.1. The monoisotopic (exact) mass is 847 g/mol. The molecule has 22 heteroatoms. The van der Waals surface area contributed by atoms with Crippen LogP contribution in [0.3, 0.4) is 0 Å². The molecule has 4 N–H and O–H groups in total. The first kappa shape index (κ1) is 41.0. The van der Waals surface area contributed by atoms with Crippen molar-refractivity contribution >= 4 is 75.6 Å². The van der Waals surface area contributed by atoms with Crippen molar-refractivity contribution in [3.05, 3.63) is 82.1 Å². The second-order valence-corrected chi connectivity index (χ2v) is 14.3. The smallest absolute Gasteiger partial charge is 0.323 e. The lowest BCUT2D eigenvalue weighted by Gasteiger charge is -2.29. The summed E-state index contributed by atoms with van der Waals surface area (Å²) in [7, 11) is 1.64. The number of anilines is 3. The molecule has 2 aliphatic rings. The van der Waals surface area contributed by atoms with Gasteiger partial charge in [0.15, 0.2) is 16.6 Å². The highest BCUT2D eigenvalue weighted by Crippen LogP contribution is 2.33. The van der Waals surface area contributed by atoms with Gasteiger partial charge >= 0.3 is 6.03 Å². The maximum atomic E-state index is 13.3. The largest absolute Gasteiger partial charge is 0.382 e. The van der Waals surface area contributed by atoms with Gasteiger partial charge in [0.2, 0.25) is 17.7 Å². The third-order valence-electron chi connectivity index (χ3n) is 9.77. The van der Waals surface area contributed by atoms with Crippen LogP contribution >= 0.6 is 23.2 Å². The lowest BCUT2D eigenvalue weighted by Crippen LogP contribution is -2.52. The number of carbonyl (C=O) groups excluding carboxylic acids is 5. The van der Waals surface area contributed by atoms with E-state index in [1.54, 1.807) is 32.2 Å². The molecule has 0 radical (unpaired) electrons. The molecule has 1 saturated heterocycles. The molecule has 0 spiro atoms. The van der Waals surface area contributed by atoms with Crippen molar-refractivity contribution in [2.24, 2.45) is 0 Å². The van der Waals surface area contributed by atoms with Gasteiger partial charge in [0.05, 0.1) is 85.8 Å². The summed E-state index contributed by atoms with van der Waals surface area (Å²) < 4.78 is 12.9. The third kappa shape index (κ3) is 9.25. The summed E-state index contributed by atoms with van der Waals surface area (Å²) in [5.74, 6) is -0.958. The quantitative estimate of drug-likeness (QED) is 0.0824. The number of hydrogen-bond acceptors (Lipinski definition) is 13. The average Bonchev–Trinajstić information content (AvgIpc) is 3.96. The minimum atomic E-state index is -0.685. The van der Waals surface area contributed by atoms with Crippen LogP contribution in [0.15, 0.2) is 55.1 Å². The number of pyridine rings is 1. The molecule has 1 unspecified atom stereocenters. The first-order chi connectivity index (χ1) is 28.5. The zero-order valence-corrected chi connectivity index (χ0v) is 33.4. The van der Waals surface area contributed by atoms with E-state index in [1.165, 1.54) is 50.0 Å². The van der Waals surface area contributed by atoms with Crippen molar-refractivity contribution in [1.82, 2.24) is 49.7 Å². The highest BCUT2D eigenvalue weighted by atomic mass is 35.5. The Morgan fingerprint density at radius 3 is 2.54 bits per heavy atom. The van der Waals surface area contributed by atoms with Crippen LogP contribution in [0.25, 0.3) is 11.5 Å². The van der Waals surface area contributed by atoms with Gasteiger partial charge in [0, 0.05) is 49.4 Å². The highest BCUT2D eigenvalue weighted by Gasteiger charge is 2.39. The second-order valence-electron chi connectivity index (χ2n) is 13.5. The number of benzene rings is 1. The Bertz CT molecular complexity index is 2390. The van der Waals surface area contributed by atoms with E-state index >= 15 is 0 Å². The van der Waals surface area contributed by atoms with E-state index < -0.39 is 24.0 Å². The number of hydrogen-bond donors (Lipinski definition) is 4. The number of fused-ring (bicyclic) bond motifs is 2. The Labute approximate surface area is 346 Å². The van der Waals surface area contributed by atoms with Gasteiger partial charge in [-0.2, -0.15) is 15.3 Å². The summed E-state index contributed by atoms with van der Waals surface area (Å²) in [6.07, 6.45) is 6.39. The SMILES string of the molecule is C[C@@H](c1c(NC(=O)Nc2cnc(-n3nccn3)c(Cl)c2)cnc2cc(Cl)nn12)N(C)C(=O)CCOCCOCCNc1cccc2c1CN(C1CCC(=O)NC1=O)C2=O. The molecule has 308 valence electrons. The fourth-order valence-electron chi connectivity index (χ4n) is 6.74. The van der Waals surface area contributed by atoms with E-state index in [0.29, 0.717) is 42.2 Å². The van der Waals surface area contributed by atoms with Crippen LogP contribution in [0.4, 0.5) is 21.9 Å². The minimum absolute atomic E-state index is 0.0746. The molecule has 59 heavy (non-hydrogen) atoms. The van der Waals surface area contributed by atoms with Crippen LogP contribution in [0, 0.1) is 0 Å². The molecule has 2 atom stereocenters. The topological polar surface area (TPSA) is 232 Å². The Kier molecular flexibility index (Phi) is 12.6. The fourth-order valence-corrected chi connectivity index (χ4v) is 7.16. The summed E-state index contributed by atoms with van der Waals surface area (Å²) >= 11 is 12.6. The van der Waals surface area contributed by atoms with Gasteiger partial charge in [-0.1, -0.05) is 29.3 Å². The van der Waals surface area contributed by atoms with E-state index in [2.05, 4.69) is 46.5 Å². The Morgan fingerprint density at radius 2 is 1.78 bits per heavy atom. The van der Waals surface area contributed by atoms with Gasteiger partial charge in [-0.15, -0.1) is 4.80 Å². The lowest BCUT2D eigenvalue weighted by molar-refractivity contribution is -0.137. The Morgan fingerprint density at radius 1 is 1.00 bits per heavy atom. The zero-order chi connectivity index (χ0) is 41.6. The predicted octanol–water partition coefficient (Wildman–Crippen LogP) is 3.47. The van der Waals surface area contributed by atoms with Gasteiger partial charge < -0.3 is 35.2 Å². The number of nitrogens with one attached hydrogen (secondary N) is 4. The van der Waals surface area contributed by atoms with Gasteiger partial charge in [0.1, 0.15) is 6.04 Å². The Balaban J connectivity index is 0.857. The third-order valence-corrected chi connectivity index (χ3v) is 10.2. The molecular formula is C37H39Cl2N13O7. The molecule has 0 bridgehead atoms. The van der Waals surface area contributed by atoms with Crippen molar-refractivity contribution in [3.63, 3.8) is 0 Å². The molecule has 5 aromatic rings. The van der Waals surface area contributed by atoms with E-state index in [1.807, 2.05) is 6.07 Å². The number of halogens is 2. The summed E-state index contributed by atoms with van der Waals surface area (Å²) in [4.78, 5) is 76.4. The maximum Gasteiger partial charge on any atom is 0.323 e. The molecule has 0 saturated carbocycles. The number of ether oxygens (including phenoxy) is 2.